The molecule has 0 aliphatic rings. The van der Waals surface area contributed by atoms with Gasteiger partial charge in [0, 0.05) is 12.5 Å². The van der Waals surface area contributed by atoms with Crippen LogP contribution >= 0.6 is 0 Å². The summed E-state index contributed by atoms with van der Waals surface area (Å²) in [5.41, 5.74) is 0.533. The first kappa shape index (κ1) is 18.2. The smallest absolute Gasteiger partial charge is 0.354 e. The summed E-state index contributed by atoms with van der Waals surface area (Å²) in [6.45, 7) is 1.20. The van der Waals surface area contributed by atoms with Gasteiger partial charge in [0.05, 0.1) is 45.4 Å². The van der Waals surface area contributed by atoms with Gasteiger partial charge in [-0.1, -0.05) is 0 Å². The van der Waals surface area contributed by atoms with Crippen molar-refractivity contribution in [3.05, 3.63) is 23.8 Å². The Morgan fingerprint density at radius 1 is 0.920 bits per heavy atom. The summed E-state index contributed by atoms with van der Waals surface area (Å²) in [4.78, 5) is 19.5. The minimum Gasteiger partial charge on any atom is -0.496 e. The molecule has 0 aliphatic heterocycles. The van der Waals surface area contributed by atoms with Crippen molar-refractivity contribution >= 4 is 23.0 Å². The zero-order valence-corrected chi connectivity index (χ0v) is 14.6. The standard InChI is InChI=1S/C17H19NO7/c1-10(19)24-25-18-9-11-8-14(22-4)15-12(20-2)6-7-13(21-3)16(15)17(11)23-5/h6-9H,1-5H3. The first-order chi connectivity index (χ1) is 12.1. The number of oxime groups is 1. The molecule has 8 heteroatoms. The average Bonchev–Trinajstić information content (AvgIpc) is 2.63. The lowest BCUT2D eigenvalue weighted by Gasteiger charge is -2.17. The largest absolute Gasteiger partial charge is 0.496 e. The highest BCUT2D eigenvalue weighted by atomic mass is 17.3. The molecule has 0 saturated heterocycles. The molecule has 0 spiro atoms. The van der Waals surface area contributed by atoms with Crippen molar-refractivity contribution in [2.75, 3.05) is 28.4 Å². The highest BCUT2D eigenvalue weighted by molar-refractivity contribution is 6.06. The minimum atomic E-state index is -0.619. The summed E-state index contributed by atoms with van der Waals surface area (Å²) < 4.78 is 21.9. The van der Waals surface area contributed by atoms with Crippen molar-refractivity contribution in [1.82, 2.24) is 0 Å². The van der Waals surface area contributed by atoms with E-state index in [4.69, 9.17) is 18.9 Å². The molecule has 2 rings (SSSR count). The van der Waals surface area contributed by atoms with Crippen LogP contribution in [0.3, 0.4) is 0 Å². The molecule has 0 radical (unpaired) electrons. The van der Waals surface area contributed by atoms with Gasteiger partial charge in [-0.15, -0.1) is 0 Å². The monoisotopic (exact) mass is 349 g/mol. The second-order valence-electron chi connectivity index (χ2n) is 4.81. The molecular weight excluding hydrogens is 330 g/mol. The van der Waals surface area contributed by atoms with Gasteiger partial charge in [0.2, 0.25) is 0 Å². The molecular formula is C17H19NO7. The highest BCUT2D eigenvalue weighted by Crippen LogP contribution is 2.45. The third-order valence-corrected chi connectivity index (χ3v) is 3.40. The number of nitrogens with zero attached hydrogens (tertiary/aromatic N) is 1. The molecule has 0 heterocycles. The van der Waals surface area contributed by atoms with E-state index < -0.39 is 5.97 Å². The fraction of sp³-hybridized carbons (Fsp3) is 0.294. The van der Waals surface area contributed by atoms with E-state index in [0.717, 1.165) is 0 Å². The zero-order valence-electron chi connectivity index (χ0n) is 14.6. The molecule has 0 N–H and O–H groups in total. The van der Waals surface area contributed by atoms with Crippen LogP contribution in [0.2, 0.25) is 0 Å². The molecule has 134 valence electrons. The third kappa shape index (κ3) is 3.68. The lowest BCUT2D eigenvalue weighted by atomic mass is 10.0. The van der Waals surface area contributed by atoms with E-state index in [1.165, 1.54) is 27.4 Å². The van der Waals surface area contributed by atoms with Crippen LogP contribution in [-0.4, -0.2) is 40.6 Å². The molecule has 0 saturated carbocycles. The molecule has 0 bridgehead atoms. The molecule has 2 aromatic carbocycles. The number of fused-ring (bicyclic) bond motifs is 1. The number of methoxy groups -OCH3 is 4. The third-order valence-electron chi connectivity index (χ3n) is 3.40. The minimum absolute atomic E-state index is 0.474. The number of hydrogen-bond acceptors (Lipinski definition) is 8. The molecule has 0 atom stereocenters. The van der Waals surface area contributed by atoms with Crippen molar-refractivity contribution in [1.29, 1.82) is 0 Å². The van der Waals surface area contributed by atoms with Crippen molar-refractivity contribution in [3.63, 3.8) is 0 Å². The molecule has 0 aliphatic carbocycles. The van der Waals surface area contributed by atoms with Gasteiger partial charge in [-0.2, -0.15) is 4.99 Å². The number of rotatable bonds is 7. The predicted molar refractivity (Wildman–Crippen MR) is 90.6 cm³/mol. The van der Waals surface area contributed by atoms with Gasteiger partial charge in [0.15, 0.2) is 0 Å². The van der Waals surface area contributed by atoms with Crippen LogP contribution in [0.5, 0.6) is 23.0 Å². The highest BCUT2D eigenvalue weighted by Gasteiger charge is 2.20. The maximum atomic E-state index is 10.7. The Labute approximate surface area is 144 Å². The summed E-state index contributed by atoms with van der Waals surface area (Å²) in [6.07, 6.45) is 1.34. The maximum Gasteiger partial charge on any atom is 0.354 e. The average molecular weight is 349 g/mol. The lowest BCUT2D eigenvalue weighted by molar-refractivity contribution is -0.270. The first-order valence-electron chi connectivity index (χ1n) is 7.24. The second kappa shape index (κ2) is 8.09. The molecule has 0 amide bonds. The van der Waals surface area contributed by atoms with Gasteiger partial charge in [-0.05, 0) is 23.4 Å². The van der Waals surface area contributed by atoms with Crippen LogP contribution in [0.15, 0.2) is 23.4 Å². The Hall–Kier alpha value is -3.16. The molecule has 0 aromatic heterocycles. The van der Waals surface area contributed by atoms with Crippen LogP contribution in [0.25, 0.3) is 10.8 Å². The fourth-order valence-corrected chi connectivity index (χ4v) is 2.43. The van der Waals surface area contributed by atoms with Gasteiger partial charge in [0.25, 0.3) is 0 Å². The van der Waals surface area contributed by atoms with Gasteiger partial charge >= 0.3 is 5.97 Å². The normalized spacial score (nSPS) is 10.6. The van der Waals surface area contributed by atoms with Gasteiger partial charge in [0.1, 0.15) is 23.0 Å². The Morgan fingerprint density at radius 2 is 1.52 bits per heavy atom. The molecule has 2 aromatic rings. The zero-order chi connectivity index (χ0) is 18.4. The van der Waals surface area contributed by atoms with Crippen LogP contribution in [0, 0.1) is 0 Å². The van der Waals surface area contributed by atoms with Crippen molar-refractivity contribution in [2.24, 2.45) is 5.16 Å². The van der Waals surface area contributed by atoms with E-state index in [0.29, 0.717) is 39.3 Å². The van der Waals surface area contributed by atoms with Gasteiger partial charge < -0.3 is 18.9 Å². The maximum absolute atomic E-state index is 10.7. The Kier molecular flexibility index (Phi) is 5.89. The van der Waals surface area contributed by atoms with Crippen molar-refractivity contribution in [3.8, 4) is 23.0 Å². The summed E-state index contributed by atoms with van der Waals surface area (Å²) in [5.74, 6) is 1.56. The van der Waals surface area contributed by atoms with E-state index in [1.807, 2.05) is 0 Å². The Balaban J connectivity index is 2.69. The Bertz CT molecular complexity index is 801. The quantitative estimate of drug-likeness (QED) is 0.431. The van der Waals surface area contributed by atoms with Crippen LogP contribution in [-0.2, 0) is 14.7 Å². The van der Waals surface area contributed by atoms with Crippen LogP contribution in [0.4, 0.5) is 0 Å². The first-order valence-corrected chi connectivity index (χ1v) is 7.24. The number of ether oxygens (including phenoxy) is 4. The van der Waals surface area contributed by atoms with E-state index >= 15 is 0 Å². The molecule has 8 nitrogen and oxygen atoms in total. The second-order valence-corrected chi connectivity index (χ2v) is 4.81. The summed E-state index contributed by atoms with van der Waals surface area (Å²) in [7, 11) is 6.17. The molecule has 25 heavy (non-hydrogen) atoms. The van der Waals surface area contributed by atoms with E-state index in [1.54, 1.807) is 32.4 Å². The Morgan fingerprint density at radius 3 is 2.04 bits per heavy atom. The summed E-state index contributed by atoms with van der Waals surface area (Å²) >= 11 is 0. The van der Waals surface area contributed by atoms with E-state index in [9.17, 15) is 4.79 Å². The molecule has 0 unspecified atom stereocenters. The summed E-state index contributed by atoms with van der Waals surface area (Å²) in [5, 5.41) is 4.94. The van der Waals surface area contributed by atoms with E-state index in [2.05, 4.69) is 15.0 Å². The van der Waals surface area contributed by atoms with Crippen molar-refractivity contribution < 1.29 is 33.6 Å². The number of benzene rings is 2. The predicted octanol–water partition coefficient (Wildman–Crippen LogP) is 2.70. The van der Waals surface area contributed by atoms with Gasteiger partial charge in [-0.3, -0.25) is 0 Å². The number of carbonyl (C=O) groups excluding carboxylic acids is 1. The molecule has 0 fully saturated rings. The topological polar surface area (TPSA) is 84.8 Å². The van der Waals surface area contributed by atoms with Crippen LogP contribution < -0.4 is 18.9 Å². The number of hydrogen-bond donors (Lipinski definition) is 0. The SMILES string of the molecule is COc1ccc(OC)c2c(OC)c(C=NOOC(C)=O)cc(OC)c12. The van der Waals surface area contributed by atoms with Crippen LogP contribution in [0.1, 0.15) is 12.5 Å². The van der Waals surface area contributed by atoms with Gasteiger partial charge in [-0.25, -0.2) is 9.68 Å². The fourth-order valence-electron chi connectivity index (χ4n) is 2.43. The van der Waals surface area contributed by atoms with E-state index in [-0.39, 0.29) is 0 Å². The van der Waals surface area contributed by atoms with Crippen molar-refractivity contribution in [2.45, 2.75) is 6.92 Å². The lowest BCUT2D eigenvalue weighted by Crippen LogP contribution is -2.00. The summed E-state index contributed by atoms with van der Waals surface area (Å²) in [6, 6.07) is 5.24. The number of carbonyl (C=O) groups is 1.